The maximum atomic E-state index is 9.11. The Bertz CT molecular complexity index is 2730. The minimum atomic E-state index is -0.0770. The predicted molar refractivity (Wildman–Crippen MR) is 273 cm³/mol. The Morgan fingerprint density at radius 2 is 0.814 bits per heavy atom. The van der Waals surface area contributed by atoms with Gasteiger partial charge in [-0.3, -0.25) is 10.8 Å². The molecule has 14 heteroatoms. The van der Waals surface area contributed by atoms with Crippen LogP contribution < -0.4 is 49.4 Å². The molecule has 0 heterocycles. The van der Waals surface area contributed by atoms with Gasteiger partial charge in [0, 0.05) is 17.2 Å². The predicted octanol–water partition coefficient (Wildman–Crippen LogP) is 11.3. The number of benzene rings is 6. The second kappa shape index (κ2) is 23.6. The number of nitrogens with one attached hydrogen (secondary N) is 2. The third-order valence-electron chi connectivity index (χ3n) is 10.9. The Kier molecular flexibility index (Phi) is 17.7. The average Bonchev–Trinajstić information content (AvgIpc) is 3.35. The number of ether oxygens (including phenoxy) is 8. The molecule has 0 saturated heterocycles. The fourth-order valence-corrected chi connectivity index (χ4v) is 6.98. The Balaban J connectivity index is 0.000000261. The summed E-state index contributed by atoms with van der Waals surface area (Å²) in [5, 5.41) is 24.4. The van der Waals surface area contributed by atoms with Crippen LogP contribution in [-0.4, -0.2) is 40.1 Å². The van der Waals surface area contributed by atoms with Crippen LogP contribution in [-0.2, 0) is 37.3 Å². The van der Waals surface area contributed by atoms with E-state index in [1.54, 1.807) is 101 Å². The Labute approximate surface area is 411 Å². The summed E-state index contributed by atoms with van der Waals surface area (Å²) in [4.78, 5) is 3.43. The first-order chi connectivity index (χ1) is 33.3. The van der Waals surface area contributed by atoms with E-state index in [1.807, 2.05) is 12.1 Å². The van der Waals surface area contributed by atoms with Crippen molar-refractivity contribution >= 4 is 17.4 Å². The van der Waals surface area contributed by atoms with Gasteiger partial charge in [-0.1, -0.05) is 71.9 Å². The number of amidine groups is 2. The molecule has 0 unspecified atom stereocenters. The van der Waals surface area contributed by atoms with Crippen LogP contribution in [0.3, 0.4) is 0 Å². The molecular formula is C56H62N6O8. The zero-order chi connectivity index (χ0) is 51.2. The molecule has 0 aliphatic carbocycles. The number of nitrogens with zero attached hydrogens (tertiary/aromatic N) is 2. The lowest BCUT2D eigenvalue weighted by molar-refractivity contribution is 0.279. The molecule has 6 rings (SSSR count). The number of hydrogen-bond acceptors (Lipinski definition) is 11. The summed E-state index contributed by atoms with van der Waals surface area (Å²) in [6.07, 6.45) is 0. The molecule has 6 aromatic rings. The summed E-state index contributed by atoms with van der Waals surface area (Å²) in [6.45, 7) is 21.4. The summed E-state index contributed by atoms with van der Waals surface area (Å²) in [6, 6.07) is 35.3. The molecule has 14 nitrogen and oxygen atoms in total. The number of nitriles is 1. The minimum Gasteiger partial charge on any atom is -0.494 e. The van der Waals surface area contributed by atoms with E-state index in [2.05, 4.69) is 76.7 Å². The Hall–Kier alpha value is -8.36. The molecule has 6 N–H and O–H groups in total. The second-order valence-electron chi connectivity index (χ2n) is 18.2. The average molecular weight is 947 g/mol. The first-order valence-corrected chi connectivity index (χ1v) is 22.2. The Morgan fingerprint density at radius 3 is 1.13 bits per heavy atom. The quantitative estimate of drug-likeness (QED) is 0.0363. The molecule has 0 aliphatic rings. The standard InChI is InChI=1S/C28H34N4O4.C28H28N2O4/c1-28(2,3)21-11-17(15-35-22-8-6-19(26(29)30)13-24(22)33-4)10-18(12-21)16-36-23-9-7-20(27(31)32)14-25(23)34-5;1-28(2,3)22-12-20(17-33-24-9-7-19(16-29)14-26(24)31-5)11-21(13-22)18-34-25-10-8-23(30-4)15-27(25)32-6/h6-14H,15-16H2,1-5H3,(H3,29,30)(H3,31,32);7-15H,17-18H2,1-3,5-6H3. The number of nitrogen functional groups attached to an aromatic ring is 2. The summed E-state index contributed by atoms with van der Waals surface area (Å²) in [7, 11) is 6.22. The van der Waals surface area contributed by atoms with Crippen molar-refractivity contribution in [3.05, 3.63) is 171 Å². The minimum absolute atomic E-state index is 0.0325. The van der Waals surface area contributed by atoms with Crippen molar-refractivity contribution in [1.29, 1.82) is 16.1 Å². The van der Waals surface area contributed by atoms with Crippen LogP contribution in [0.1, 0.15) is 91.6 Å². The molecule has 0 aliphatic heterocycles. The summed E-state index contributed by atoms with van der Waals surface area (Å²) >= 11 is 0. The second-order valence-corrected chi connectivity index (χ2v) is 18.2. The van der Waals surface area contributed by atoms with Crippen LogP contribution in [0.2, 0.25) is 0 Å². The van der Waals surface area contributed by atoms with Gasteiger partial charge in [0.1, 0.15) is 43.8 Å². The Morgan fingerprint density at radius 1 is 0.486 bits per heavy atom. The normalized spacial score (nSPS) is 10.9. The van der Waals surface area contributed by atoms with Crippen molar-refractivity contribution < 1.29 is 37.9 Å². The van der Waals surface area contributed by atoms with Crippen molar-refractivity contribution in [2.45, 2.75) is 78.8 Å². The number of hydrogen-bond donors (Lipinski definition) is 4. The van der Waals surface area contributed by atoms with Gasteiger partial charge in [-0.25, -0.2) is 4.85 Å². The monoisotopic (exact) mass is 946 g/mol. The highest BCUT2D eigenvalue weighted by Crippen LogP contribution is 2.35. The molecule has 70 heavy (non-hydrogen) atoms. The van der Waals surface area contributed by atoms with Crippen LogP contribution >= 0.6 is 0 Å². The molecular weight excluding hydrogens is 885 g/mol. The lowest BCUT2D eigenvalue weighted by atomic mass is 9.85. The van der Waals surface area contributed by atoms with Crippen molar-refractivity contribution in [1.82, 2.24) is 0 Å². The first kappa shape index (κ1) is 52.6. The van der Waals surface area contributed by atoms with Crippen LogP contribution in [0.25, 0.3) is 4.85 Å². The zero-order valence-electron chi connectivity index (χ0n) is 41.5. The molecule has 0 atom stereocenters. The van der Waals surface area contributed by atoms with Gasteiger partial charge in [0.25, 0.3) is 0 Å². The first-order valence-electron chi connectivity index (χ1n) is 22.2. The van der Waals surface area contributed by atoms with Gasteiger partial charge in [0.2, 0.25) is 0 Å². The fourth-order valence-electron chi connectivity index (χ4n) is 6.98. The summed E-state index contributed by atoms with van der Waals surface area (Å²) in [5.41, 5.74) is 19.5. The maximum absolute atomic E-state index is 9.11. The molecule has 0 aromatic heterocycles. The zero-order valence-corrected chi connectivity index (χ0v) is 41.5. The van der Waals surface area contributed by atoms with Crippen LogP contribution in [0.15, 0.2) is 109 Å². The van der Waals surface area contributed by atoms with Crippen LogP contribution in [0, 0.1) is 28.7 Å². The summed E-state index contributed by atoms with van der Waals surface area (Å²) < 4.78 is 45.9. The van der Waals surface area contributed by atoms with Gasteiger partial charge in [-0.2, -0.15) is 5.26 Å². The topological polar surface area (TPSA) is 202 Å². The lowest BCUT2D eigenvalue weighted by Crippen LogP contribution is -2.13. The molecule has 364 valence electrons. The molecule has 0 fully saturated rings. The van der Waals surface area contributed by atoms with Gasteiger partial charge < -0.3 is 49.4 Å². The van der Waals surface area contributed by atoms with E-state index in [4.69, 9.17) is 72.0 Å². The van der Waals surface area contributed by atoms with Crippen molar-refractivity contribution in [2.75, 3.05) is 28.4 Å². The largest absolute Gasteiger partial charge is 0.494 e. The van der Waals surface area contributed by atoms with Crippen LogP contribution in [0.4, 0.5) is 5.69 Å². The van der Waals surface area contributed by atoms with E-state index in [1.165, 1.54) is 0 Å². The van der Waals surface area contributed by atoms with E-state index in [-0.39, 0.29) is 22.5 Å². The lowest BCUT2D eigenvalue weighted by Gasteiger charge is -2.22. The maximum Gasteiger partial charge on any atom is 0.191 e. The van der Waals surface area contributed by atoms with Crippen LogP contribution in [0.5, 0.6) is 46.0 Å². The highest BCUT2D eigenvalue weighted by Gasteiger charge is 2.19. The smallest absolute Gasteiger partial charge is 0.191 e. The van der Waals surface area contributed by atoms with Crippen molar-refractivity contribution in [3.8, 4) is 52.1 Å². The fraction of sp³-hybridized carbons (Fsp3) is 0.286. The molecule has 0 amide bonds. The molecule has 0 saturated carbocycles. The summed E-state index contributed by atoms with van der Waals surface area (Å²) in [5.74, 6) is 4.29. The van der Waals surface area contributed by atoms with Gasteiger partial charge >= 0.3 is 0 Å². The van der Waals surface area contributed by atoms with E-state index in [0.717, 1.165) is 33.4 Å². The molecule has 0 spiro atoms. The van der Waals surface area contributed by atoms with Gasteiger partial charge in [0.05, 0.1) is 46.6 Å². The van der Waals surface area contributed by atoms with E-state index in [9.17, 15) is 0 Å². The molecule has 0 bridgehead atoms. The number of methoxy groups -OCH3 is 4. The van der Waals surface area contributed by atoms with E-state index < -0.39 is 0 Å². The van der Waals surface area contributed by atoms with Gasteiger partial charge in [-0.15, -0.1) is 0 Å². The number of rotatable bonds is 18. The third kappa shape index (κ3) is 14.3. The van der Waals surface area contributed by atoms with Crippen molar-refractivity contribution in [3.63, 3.8) is 0 Å². The molecule has 6 aromatic carbocycles. The van der Waals surface area contributed by atoms with E-state index in [0.29, 0.717) is 94.8 Å². The van der Waals surface area contributed by atoms with Gasteiger partial charge in [0.15, 0.2) is 45.9 Å². The third-order valence-corrected chi connectivity index (χ3v) is 10.9. The van der Waals surface area contributed by atoms with Crippen molar-refractivity contribution in [2.24, 2.45) is 11.5 Å². The molecule has 0 radical (unpaired) electrons. The number of nitrogens with two attached hydrogens (primary N) is 2. The highest BCUT2D eigenvalue weighted by atomic mass is 16.5. The van der Waals surface area contributed by atoms with E-state index >= 15 is 0 Å². The SMILES string of the molecule is COc1cc(C(=N)N)ccc1OCc1cc(COc2ccc(C(=N)N)cc2OC)cc(C(C)(C)C)c1.[C-]#[N+]c1ccc(OCc2cc(COc3ccc(C#N)cc3OC)cc(C(C)(C)C)c2)c(OC)c1. The highest BCUT2D eigenvalue weighted by molar-refractivity contribution is 5.96. The van der Waals surface area contributed by atoms with Gasteiger partial charge in [-0.05, 0) is 117 Å².